The lowest BCUT2D eigenvalue weighted by Crippen LogP contribution is -2.45. The van der Waals surface area contributed by atoms with E-state index in [4.69, 9.17) is 34.2 Å². The van der Waals surface area contributed by atoms with Crippen molar-refractivity contribution in [2.45, 2.75) is 25.3 Å². The van der Waals surface area contributed by atoms with Gasteiger partial charge in [-0.15, -0.1) is 0 Å². The van der Waals surface area contributed by atoms with Crippen molar-refractivity contribution < 1.29 is 38.0 Å². The number of likely N-dealkylation sites (tertiary alicyclic amines) is 1. The first-order valence-corrected chi connectivity index (χ1v) is 11.9. The zero-order valence-corrected chi connectivity index (χ0v) is 19.9. The molecule has 1 aliphatic heterocycles. The number of aldehydes is 1. The van der Waals surface area contributed by atoms with Crippen LogP contribution < -0.4 is 11.1 Å². The van der Waals surface area contributed by atoms with Gasteiger partial charge in [0.1, 0.15) is 6.29 Å². The summed E-state index contributed by atoms with van der Waals surface area (Å²) in [6, 6.07) is 0.189. The van der Waals surface area contributed by atoms with Crippen LogP contribution in [0.15, 0.2) is 0 Å². The number of carbonyl (C=O) groups is 2. The van der Waals surface area contributed by atoms with Gasteiger partial charge in [0, 0.05) is 32.1 Å². The molecule has 11 heteroatoms. The Hall–Kier alpha value is -1.18. The van der Waals surface area contributed by atoms with Crippen molar-refractivity contribution in [1.29, 1.82) is 0 Å². The predicted octanol–water partition coefficient (Wildman–Crippen LogP) is -0.786. The average Bonchev–Trinajstić information content (AvgIpc) is 2.82. The molecule has 1 fully saturated rings. The van der Waals surface area contributed by atoms with E-state index in [1.807, 2.05) is 0 Å². The minimum absolute atomic E-state index is 0.00321. The van der Waals surface area contributed by atoms with E-state index in [-0.39, 0.29) is 11.9 Å². The number of amides is 1. The van der Waals surface area contributed by atoms with E-state index in [2.05, 4.69) is 10.2 Å². The van der Waals surface area contributed by atoms with Crippen molar-refractivity contribution >= 4 is 12.2 Å². The van der Waals surface area contributed by atoms with Crippen LogP contribution in [-0.2, 0) is 38.0 Å². The second kappa shape index (κ2) is 22.6. The normalized spacial score (nSPS) is 15.1. The smallest absolute Gasteiger partial charge is 0.222 e. The van der Waals surface area contributed by atoms with Crippen LogP contribution in [0.3, 0.4) is 0 Å². The van der Waals surface area contributed by atoms with Crippen molar-refractivity contribution in [1.82, 2.24) is 10.2 Å². The molecule has 3 N–H and O–H groups in total. The standard InChI is InChI=1S/C22H43N3O8/c23-4-10-29-12-14-31-16-18-33-20-19-32-17-15-30-13-11-28-9-3-22(27)24-21-1-5-25(6-2-21)7-8-26/h8,21H,1-7,9-20,23H2,(H,24,27). The van der Waals surface area contributed by atoms with Crippen molar-refractivity contribution in [2.24, 2.45) is 5.73 Å². The molecular weight excluding hydrogens is 434 g/mol. The van der Waals surface area contributed by atoms with E-state index < -0.39 is 0 Å². The monoisotopic (exact) mass is 477 g/mol. The molecule has 0 saturated carbocycles. The Labute approximate surface area is 197 Å². The first-order valence-electron chi connectivity index (χ1n) is 11.9. The molecule has 1 saturated heterocycles. The topological polar surface area (TPSA) is 131 Å². The second-order valence-corrected chi connectivity index (χ2v) is 7.52. The zero-order chi connectivity index (χ0) is 23.8. The first-order chi connectivity index (χ1) is 16.3. The summed E-state index contributed by atoms with van der Waals surface area (Å²) in [5, 5.41) is 3.03. The largest absolute Gasteiger partial charge is 0.379 e. The summed E-state index contributed by atoms with van der Waals surface area (Å²) in [5.74, 6) is 0.00321. The van der Waals surface area contributed by atoms with Crippen LogP contribution in [0.5, 0.6) is 0 Å². The highest BCUT2D eigenvalue weighted by molar-refractivity contribution is 5.76. The molecule has 0 aromatic carbocycles. The molecule has 0 unspecified atom stereocenters. The molecule has 1 aliphatic rings. The Morgan fingerprint density at radius 2 is 1.18 bits per heavy atom. The Balaban J connectivity index is 1.74. The minimum Gasteiger partial charge on any atom is -0.379 e. The van der Waals surface area contributed by atoms with Gasteiger partial charge in [0.25, 0.3) is 0 Å². The number of ether oxygens (including phenoxy) is 6. The highest BCUT2D eigenvalue weighted by atomic mass is 16.6. The summed E-state index contributed by atoms with van der Waals surface area (Å²) in [7, 11) is 0. The van der Waals surface area contributed by atoms with E-state index in [0.29, 0.717) is 98.8 Å². The van der Waals surface area contributed by atoms with E-state index >= 15 is 0 Å². The highest BCUT2D eigenvalue weighted by Crippen LogP contribution is 2.09. The molecule has 194 valence electrons. The minimum atomic E-state index is 0.00321. The Morgan fingerprint density at radius 1 is 0.758 bits per heavy atom. The molecule has 0 atom stereocenters. The van der Waals surface area contributed by atoms with E-state index in [1.165, 1.54) is 0 Å². The van der Waals surface area contributed by atoms with Crippen LogP contribution in [-0.4, -0.2) is 129 Å². The van der Waals surface area contributed by atoms with Gasteiger partial charge in [0.15, 0.2) is 0 Å². The quantitative estimate of drug-likeness (QED) is 0.143. The van der Waals surface area contributed by atoms with Gasteiger partial charge in [-0.05, 0) is 12.8 Å². The van der Waals surface area contributed by atoms with Gasteiger partial charge in [-0.1, -0.05) is 0 Å². The third-order valence-electron chi connectivity index (χ3n) is 4.88. The van der Waals surface area contributed by atoms with E-state index in [9.17, 15) is 9.59 Å². The molecule has 0 radical (unpaired) electrons. The van der Waals surface area contributed by atoms with Crippen molar-refractivity contribution in [3.63, 3.8) is 0 Å². The van der Waals surface area contributed by atoms with Crippen molar-refractivity contribution in [2.75, 3.05) is 105 Å². The molecule has 33 heavy (non-hydrogen) atoms. The van der Waals surface area contributed by atoms with Gasteiger partial charge in [0.2, 0.25) is 5.91 Å². The molecular formula is C22H43N3O8. The van der Waals surface area contributed by atoms with Gasteiger partial charge >= 0.3 is 0 Å². The number of hydrogen-bond acceptors (Lipinski definition) is 10. The van der Waals surface area contributed by atoms with Crippen LogP contribution in [0.4, 0.5) is 0 Å². The Kier molecular flexibility index (Phi) is 20.4. The van der Waals surface area contributed by atoms with Crippen molar-refractivity contribution in [3.05, 3.63) is 0 Å². The number of piperidine rings is 1. The highest BCUT2D eigenvalue weighted by Gasteiger charge is 2.19. The molecule has 0 aromatic rings. The van der Waals surface area contributed by atoms with Crippen LogP contribution in [0.1, 0.15) is 19.3 Å². The van der Waals surface area contributed by atoms with Crippen molar-refractivity contribution in [3.8, 4) is 0 Å². The fourth-order valence-corrected chi connectivity index (χ4v) is 3.11. The van der Waals surface area contributed by atoms with E-state index in [0.717, 1.165) is 32.2 Å². The maximum atomic E-state index is 12.0. The number of carbonyl (C=O) groups excluding carboxylic acids is 2. The molecule has 11 nitrogen and oxygen atoms in total. The SMILES string of the molecule is NCCOCCOCCOCCOCCOCCOCCC(=O)NC1CCN(CC=O)CC1. The summed E-state index contributed by atoms with van der Waals surface area (Å²) in [5.41, 5.74) is 5.31. The van der Waals surface area contributed by atoms with Gasteiger partial charge in [-0.25, -0.2) is 0 Å². The third-order valence-corrected chi connectivity index (χ3v) is 4.88. The van der Waals surface area contributed by atoms with Crippen LogP contribution in [0, 0.1) is 0 Å². The number of nitrogens with one attached hydrogen (secondary N) is 1. The van der Waals surface area contributed by atoms with E-state index in [1.54, 1.807) is 0 Å². The molecule has 0 bridgehead atoms. The maximum absolute atomic E-state index is 12.0. The van der Waals surface area contributed by atoms with Gasteiger partial charge in [-0.2, -0.15) is 0 Å². The lowest BCUT2D eigenvalue weighted by molar-refractivity contribution is -0.123. The number of nitrogens with two attached hydrogens (primary N) is 1. The predicted molar refractivity (Wildman–Crippen MR) is 122 cm³/mol. The molecule has 0 spiro atoms. The van der Waals surface area contributed by atoms with Crippen LogP contribution >= 0.6 is 0 Å². The van der Waals surface area contributed by atoms with Gasteiger partial charge in [-0.3, -0.25) is 9.69 Å². The fourth-order valence-electron chi connectivity index (χ4n) is 3.11. The second-order valence-electron chi connectivity index (χ2n) is 7.52. The number of hydrogen-bond donors (Lipinski definition) is 2. The van der Waals surface area contributed by atoms with Gasteiger partial charge in [0.05, 0.1) is 85.8 Å². The molecule has 0 aliphatic carbocycles. The fraction of sp³-hybridized carbons (Fsp3) is 0.909. The average molecular weight is 478 g/mol. The first kappa shape index (κ1) is 29.9. The maximum Gasteiger partial charge on any atom is 0.222 e. The summed E-state index contributed by atoms with van der Waals surface area (Å²) < 4.78 is 32.2. The Bertz CT molecular complexity index is 465. The summed E-state index contributed by atoms with van der Waals surface area (Å²) in [6.45, 7) is 8.64. The number of nitrogens with zero attached hydrogens (tertiary/aromatic N) is 1. The summed E-state index contributed by atoms with van der Waals surface area (Å²) in [6.07, 6.45) is 3.02. The summed E-state index contributed by atoms with van der Waals surface area (Å²) in [4.78, 5) is 24.6. The molecule has 1 amide bonds. The molecule has 0 aromatic heterocycles. The zero-order valence-electron chi connectivity index (χ0n) is 19.9. The summed E-state index contributed by atoms with van der Waals surface area (Å²) >= 11 is 0. The van der Waals surface area contributed by atoms with Crippen LogP contribution in [0.25, 0.3) is 0 Å². The number of rotatable bonds is 23. The van der Waals surface area contributed by atoms with Crippen LogP contribution in [0.2, 0.25) is 0 Å². The van der Waals surface area contributed by atoms with Gasteiger partial charge < -0.3 is 44.3 Å². The Morgan fingerprint density at radius 3 is 1.61 bits per heavy atom. The lowest BCUT2D eigenvalue weighted by atomic mass is 10.1. The molecule has 1 heterocycles. The lowest BCUT2D eigenvalue weighted by Gasteiger charge is -2.31. The third kappa shape index (κ3) is 18.9. The molecule has 1 rings (SSSR count).